The van der Waals surface area contributed by atoms with E-state index in [1.54, 1.807) is 0 Å². The molecule has 10 nitrogen and oxygen atoms in total. The summed E-state index contributed by atoms with van der Waals surface area (Å²) in [5.41, 5.74) is 14.6. The van der Waals surface area contributed by atoms with Crippen LogP contribution in [-0.4, -0.2) is 33.7 Å². The molecular formula is C80H89N5O5. The van der Waals surface area contributed by atoms with Crippen molar-refractivity contribution in [3.05, 3.63) is 300 Å². The van der Waals surface area contributed by atoms with Crippen molar-refractivity contribution in [3.8, 4) is 28.7 Å². The molecule has 0 amide bonds. The molecule has 464 valence electrons. The fraction of sp³-hybridized carbons (Fsp3) is 0.250. The molecule has 10 aromatic carbocycles. The standard InChI is InChI=1S/C31H30N2O2.3C14H13NO.2C3H8.CH4/c1-31(2,25-13-15-29-23(17-25)19-32(21-34-29)27-9-5-3-6-10-27)26-14-16-30-24(18-26)20-33(22-35-30)28-11-7-4-8-12-28;3*1-2-7-13(8-3-1)15-10-12-6-4-5-9-14(12)16-11-15;2*1-3-2;/h3-18H,19-22H2,1-2H3;3*1-9H,10-11H2;2*3H2,1-2H3;1H4. The van der Waals surface area contributed by atoms with E-state index in [2.05, 4.69) is 260 Å². The first-order chi connectivity index (χ1) is 43.7. The van der Waals surface area contributed by atoms with Gasteiger partial charge in [0.25, 0.3) is 0 Å². The quantitative estimate of drug-likeness (QED) is 0.154. The van der Waals surface area contributed by atoms with Gasteiger partial charge in [-0.3, -0.25) is 0 Å². The zero-order chi connectivity index (χ0) is 61.6. The molecule has 0 spiro atoms. The van der Waals surface area contributed by atoms with Gasteiger partial charge in [0.05, 0.1) is 0 Å². The summed E-state index contributed by atoms with van der Waals surface area (Å²) in [4.78, 5) is 11.2. The Balaban J connectivity index is 0.000000147. The van der Waals surface area contributed by atoms with Crippen LogP contribution in [0.15, 0.2) is 261 Å². The molecule has 0 aliphatic carbocycles. The van der Waals surface area contributed by atoms with Gasteiger partial charge in [0, 0.05) is 94.4 Å². The highest BCUT2D eigenvalue weighted by atomic mass is 16.5. The summed E-state index contributed by atoms with van der Waals surface area (Å²) in [6.45, 7) is 20.6. The molecule has 5 aliphatic rings. The highest BCUT2D eigenvalue weighted by Crippen LogP contribution is 2.40. The highest BCUT2D eigenvalue weighted by molar-refractivity contribution is 5.56. The predicted octanol–water partition coefficient (Wildman–Crippen LogP) is 19.3. The van der Waals surface area contributed by atoms with Crippen LogP contribution in [0.1, 0.15) is 101 Å². The highest BCUT2D eigenvalue weighted by Gasteiger charge is 2.29. The van der Waals surface area contributed by atoms with Gasteiger partial charge in [0.1, 0.15) is 28.7 Å². The molecule has 0 bridgehead atoms. The number of para-hydroxylation sites is 8. The number of nitrogens with zero attached hydrogens (tertiary/aromatic N) is 5. The number of hydrogen-bond acceptors (Lipinski definition) is 10. The molecule has 15 rings (SSSR count). The minimum absolute atomic E-state index is 0. The van der Waals surface area contributed by atoms with Crippen molar-refractivity contribution in [1.82, 2.24) is 0 Å². The maximum absolute atomic E-state index is 6.10. The van der Waals surface area contributed by atoms with E-state index in [1.807, 2.05) is 66.7 Å². The van der Waals surface area contributed by atoms with Crippen LogP contribution in [0, 0.1) is 0 Å². The third-order valence-corrected chi connectivity index (χ3v) is 15.8. The van der Waals surface area contributed by atoms with E-state index in [0.29, 0.717) is 33.7 Å². The SMILES string of the molecule is C.CC(C)(c1ccc2c(c1)CN(c1ccccc1)CO2)c1ccc2c(c1)CN(c1ccccc1)CO2.CCC.CCC.c1ccc(N2COc3ccccc3C2)cc1.c1ccc(N2COc3ccccc3C2)cc1.c1ccc(N2COc3ccccc3C2)cc1. The normalized spacial score (nSPS) is 13.8. The van der Waals surface area contributed by atoms with Gasteiger partial charge in [-0.25, -0.2) is 0 Å². The van der Waals surface area contributed by atoms with Crippen LogP contribution >= 0.6 is 0 Å². The van der Waals surface area contributed by atoms with Crippen molar-refractivity contribution in [2.45, 2.75) is 99.9 Å². The molecule has 0 aromatic heterocycles. The molecule has 5 heterocycles. The third-order valence-electron chi connectivity index (χ3n) is 15.8. The van der Waals surface area contributed by atoms with Gasteiger partial charge in [0.15, 0.2) is 33.7 Å². The molecule has 0 N–H and O–H groups in total. The summed E-state index contributed by atoms with van der Waals surface area (Å²) in [5.74, 6) is 4.99. The van der Waals surface area contributed by atoms with Crippen LogP contribution in [0.4, 0.5) is 28.4 Å². The van der Waals surface area contributed by atoms with E-state index in [0.717, 1.165) is 61.5 Å². The lowest BCUT2D eigenvalue weighted by Crippen LogP contribution is -2.32. The van der Waals surface area contributed by atoms with Crippen LogP contribution in [-0.2, 0) is 38.1 Å². The molecule has 0 unspecified atom stereocenters. The fourth-order valence-corrected chi connectivity index (χ4v) is 11.0. The van der Waals surface area contributed by atoms with Gasteiger partial charge < -0.3 is 48.2 Å². The Morgan fingerprint density at radius 2 is 0.467 bits per heavy atom. The van der Waals surface area contributed by atoms with E-state index in [9.17, 15) is 0 Å². The summed E-state index contributed by atoms with van der Waals surface area (Å²) in [7, 11) is 0. The van der Waals surface area contributed by atoms with Crippen molar-refractivity contribution >= 4 is 28.4 Å². The predicted molar refractivity (Wildman–Crippen MR) is 374 cm³/mol. The average Bonchev–Trinajstić information content (AvgIpc) is 0.920. The second kappa shape index (κ2) is 32.4. The maximum Gasteiger partial charge on any atom is 0.161 e. The molecule has 0 fully saturated rings. The van der Waals surface area contributed by atoms with Crippen LogP contribution in [0.3, 0.4) is 0 Å². The Morgan fingerprint density at radius 1 is 0.267 bits per heavy atom. The van der Waals surface area contributed by atoms with Crippen LogP contribution in [0.2, 0.25) is 0 Å². The summed E-state index contributed by atoms with van der Waals surface area (Å²) in [6.07, 6.45) is 2.50. The smallest absolute Gasteiger partial charge is 0.161 e. The summed E-state index contributed by atoms with van der Waals surface area (Å²) >= 11 is 0. The molecule has 5 aliphatic heterocycles. The van der Waals surface area contributed by atoms with Gasteiger partial charge in [0.2, 0.25) is 0 Å². The van der Waals surface area contributed by atoms with Crippen molar-refractivity contribution in [2.75, 3.05) is 58.2 Å². The molecule has 0 atom stereocenters. The number of ether oxygens (including phenoxy) is 5. The zero-order valence-corrected chi connectivity index (χ0v) is 52.6. The van der Waals surface area contributed by atoms with Crippen LogP contribution in [0.25, 0.3) is 0 Å². The first kappa shape index (κ1) is 64.7. The largest absolute Gasteiger partial charge is 0.473 e. The van der Waals surface area contributed by atoms with Crippen LogP contribution < -0.4 is 48.2 Å². The average molecular weight is 1200 g/mol. The van der Waals surface area contributed by atoms with E-state index in [4.69, 9.17) is 23.7 Å². The van der Waals surface area contributed by atoms with E-state index < -0.39 is 0 Å². The van der Waals surface area contributed by atoms with E-state index in [1.165, 1.54) is 80.2 Å². The van der Waals surface area contributed by atoms with Gasteiger partial charge in [-0.2, -0.15) is 0 Å². The fourth-order valence-electron chi connectivity index (χ4n) is 11.0. The number of anilines is 5. The first-order valence-corrected chi connectivity index (χ1v) is 31.4. The molecular weight excluding hydrogens is 1110 g/mol. The van der Waals surface area contributed by atoms with Crippen molar-refractivity contribution in [2.24, 2.45) is 0 Å². The number of rotatable bonds is 7. The minimum atomic E-state index is -0.159. The minimum Gasteiger partial charge on any atom is -0.473 e. The third kappa shape index (κ3) is 16.9. The summed E-state index contributed by atoms with van der Waals surface area (Å²) in [5, 5.41) is 0. The number of hydrogen-bond donors (Lipinski definition) is 0. The van der Waals surface area contributed by atoms with Crippen LogP contribution in [0.5, 0.6) is 28.7 Å². The molecule has 10 aromatic rings. The first-order valence-electron chi connectivity index (χ1n) is 31.4. The Labute approximate surface area is 536 Å². The second-order valence-corrected chi connectivity index (χ2v) is 23.0. The lowest BCUT2D eigenvalue weighted by atomic mass is 9.77. The molecule has 90 heavy (non-hydrogen) atoms. The van der Waals surface area contributed by atoms with Crippen molar-refractivity contribution < 1.29 is 23.7 Å². The Bertz CT molecular complexity index is 3420. The summed E-state index contributed by atoms with van der Waals surface area (Å²) in [6, 6.07) is 89.9. The topological polar surface area (TPSA) is 62.3 Å². The second-order valence-electron chi connectivity index (χ2n) is 23.0. The monoisotopic (exact) mass is 1200 g/mol. The van der Waals surface area contributed by atoms with Crippen molar-refractivity contribution in [1.29, 1.82) is 0 Å². The molecule has 0 saturated heterocycles. The van der Waals surface area contributed by atoms with E-state index in [-0.39, 0.29) is 12.8 Å². The lowest BCUT2D eigenvalue weighted by Gasteiger charge is -2.34. The van der Waals surface area contributed by atoms with E-state index >= 15 is 0 Å². The maximum atomic E-state index is 6.10. The Kier molecular flexibility index (Phi) is 23.3. The molecule has 10 heteroatoms. The molecule has 0 saturated carbocycles. The van der Waals surface area contributed by atoms with Gasteiger partial charge in [-0.1, -0.05) is 220 Å². The Hall–Kier alpha value is -9.80. The van der Waals surface area contributed by atoms with Gasteiger partial charge >= 0.3 is 0 Å². The van der Waals surface area contributed by atoms with Crippen molar-refractivity contribution in [3.63, 3.8) is 0 Å². The Morgan fingerprint density at radius 3 is 0.711 bits per heavy atom. The zero-order valence-electron chi connectivity index (χ0n) is 52.6. The lowest BCUT2D eigenvalue weighted by molar-refractivity contribution is 0.288. The van der Waals surface area contributed by atoms with Gasteiger partial charge in [-0.15, -0.1) is 0 Å². The summed E-state index contributed by atoms with van der Waals surface area (Å²) < 4.78 is 29.3. The van der Waals surface area contributed by atoms with Gasteiger partial charge in [-0.05, 0) is 114 Å². The number of benzene rings is 10. The molecule has 0 radical (unpaired) electrons. The number of fused-ring (bicyclic) bond motifs is 5.